The predicted molar refractivity (Wildman–Crippen MR) is 73.4 cm³/mol. The van der Waals surface area contributed by atoms with Gasteiger partial charge < -0.3 is 10.2 Å². The van der Waals surface area contributed by atoms with Crippen molar-refractivity contribution in [2.24, 2.45) is 0 Å². The molecule has 2 fully saturated rings. The predicted octanol–water partition coefficient (Wildman–Crippen LogP) is 1.87. The van der Waals surface area contributed by atoms with Crippen LogP contribution in [0.2, 0.25) is 0 Å². The summed E-state index contributed by atoms with van der Waals surface area (Å²) >= 11 is 1.87. The standard InChI is InChI=1S/C13H24N2OS/c1-14-11-6-2-3-7-12(11)17-10-13(16)15-8-4-5-9-15/h11-12,14H,2-10H2,1H3. The van der Waals surface area contributed by atoms with Crippen LogP contribution in [0.4, 0.5) is 0 Å². The van der Waals surface area contributed by atoms with Crippen LogP contribution < -0.4 is 5.32 Å². The number of hydrogen-bond donors (Lipinski definition) is 1. The molecule has 3 nitrogen and oxygen atoms in total. The Bertz CT molecular complexity index is 254. The van der Waals surface area contributed by atoms with Crippen molar-refractivity contribution in [3.63, 3.8) is 0 Å². The van der Waals surface area contributed by atoms with Crippen LogP contribution in [0.15, 0.2) is 0 Å². The molecule has 1 saturated carbocycles. The van der Waals surface area contributed by atoms with Crippen molar-refractivity contribution in [3.05, 3.63) is 0 Å². The zero-order chi connectivity index (χ0) is 12.1. The number of nitrogens with zero attached hydrogens (tertiary/aromatic N) is 1. The van der Waals surface area contributed by atoms with Gasteiger partial charge in [0.05, 0.1) is 5.75 Å². The third kappa shape index (κ3) is 3.62. The number of rotatable bonds is 4. The third-order valence-electron chi connectivity index (χ3n) is 3.95. The van der Waals surface area contributed by atoms with Gasteiger partial charge in [-0.3, -0.25) is 4.79 Å². The van der Waals surface area contributed by atoms with E-state index in [1.807, 2.05) is 23.7 Å². The van der Waals surface area contributed by atoms with Crippen LogP contribution in [0.3, 0.4) is 0 Å². The fraction of sp³-hybridized carbons (Fsp3) is 0.923. The van der Waals surface area contributed by atoms with Gasteiger partial charge in [-0.15, -0.1) is 11.8 Å². The van der Waals surface area contributed by atoms with Gasteiger partial charge in [0.25, 0.3) is 0 Å². The Kier molecular flexibility index (Phi) is 5.16. The normalized spacial score (nSPS) is 29.6. The molecule has 2 rings (SSSR count). The van der Waals surface area contributed by atoms with Gasteiger partial charge in [0.15, 0.2) is 0 Å². The molecule has 1 N–H and O–H groups in total. The largest absolute Gasteiger partial charge is 0.342 e. The fourth-order valence-corrected chi connectivity index (χ4v) is 4.24. The average molecular weight is 256 g/mol. The highest BCUT2D eigenvalue weighted by molar-refractivity contribution is 8.00. The van der Waals surface area contributed by atoms with Crippen LogP contribution in [-0.2, 0) is 4.79 Å². The van der Waals surface area contributed by atoms with E-state index in [4.69, 9.17) is 0 Å². The maximum absolute atomic E-state index is 12.0. The lowest BCUT2D eigenvalue weighted by Crippen LogP contribution is -2.39. The minimum absolute atomic E-state index is 0.355. The average Bonchev–Trinajstić information content (AvgIpc) is 2.90. The van der Waals surface area contributed by atoms with Crippen LogP contribution in [0.1, 0.15) is 38.5 Å². The second-order valence-corrected chi connectivity index (χ2v) is 6.34. The highest BCUT2D eigenvalue weighted by atomic mass is 32.2. The fourth-order valence-electron chi connectivity index (χ4n) is 2.86. The molecule has 0 bridgehead atoms. The van der Waals surface area contributed by atoms with E-state index in [0.717, 1.165) is 13.1 Å². The van der Waals surface area contributed by atoms with Gasteiger partial charge in [0.1, 0.15) is 0 Å². The molecule has 0 spiro atoms. The van der Waals surface area contributed by atoms with Gasteiger partial charge in [0, 0.05) is 24.4 Å². The zero-order valence-corrected chi connectivity index (χ0v) is 11.6. The first kappa shape index (κ1) is 13.2. The van der Waals surface area contributed by atoms with Gasteiger partial charge in [-0.1, -0.05) is 12.8 Å². The summed E-state index contributed by atoms with van der Waals surface area (Å²) in [7, 11) is 2.05. The summed E-state index contributed by atoms with van der Waals surface area (Å²) in [5.74, 6) is 1.04. The van der Waals surface area contributed by atoms with E-state index in [9.17, 15) is 4.79 Å². The Hall–Kier alpha value is -0.220. The van der Waals surface area contributed by atoms with Crippen LogP contribution in [-0.4, -0.2) is 48.0 Å². The highest BCUT2D eigenvalue weighted by Gasteiger charge is 2.26. The van der Waals surface area contributed by atoms with E-state index in [1.165, 1.54) is 38.5 Å². The number of thioether (sulfide) groups is 1. The maximum Gasteiger partial charge on any atom is 0.232 e. The van der Waals surface area contributed by atoms with Crippen molar-refractivity contribution in [1.82, 2.24) is 10.2 Å². The number of carbonyl (C=O) groups is 1. The second-order valence-electron chi connectivity index (χ2n) is 5.12. The van der Waals surface area contributed by atoms with Crippen molar-refractivity contribution < 1.29 is 4.79 Å². The number of nitrogens with one attached hydrogen (secondary N) is 1. The molecular formula is C13H24N2OS. The van der Waals surface area contributed by atoms with E-state index >= 15 is 0 Å². The molecule has 1 heterocycles. The topological polar surface area (TPSA) is 32.3 Å². The van der Waals surface area contributed by atoms with Crippen LogP contribution in [0.5, 0.6) is 0 Å². The number of hydrogen-bond acceptors (Lipinski definition) is 3. The molecule has 0 radical (unpaired) electrons. The lowest BCUT2D eigenvalue weighted by Gasteiger charge is -2.31. The molecule has 2 atom stereocenters. The molecule has 98 valence electrons. The first-order valence-electron chi connectivity index (χ1n) is 6.88. The van der Waals surface area contributed by atoms with Crippen molar-refractivity contribution in [1.29, 1.82) is 0 Å². The quantitative estimate of drug-likeness (QED) is 0.833. The Morgan fingerprint density at radius 3 is 2.65 bits per heavy atom. The number of likely N-dealkylation sites (tertiary alicyclic amines) is 1. The molecule has 4 heteroatoms. The van der Waals surface area contributed by atoms with Gasteiger partial charge in [-0.05, 0) is 32.7 Å². The molecule has 1 saturated heterocycles. The van der Waals surface area contributed by atoms with Gasteiger partial charge in [-0.25, -0.2) is 0 Å². The first-order valence-corrected chi connectivity index (χ1v) is 7.93. The molecule has 0 aromatic heterocycles. The van der Waals surface area contributed by atoms with Gasteiger partial charge in [-0.2, -0.15) is 0 Å². The number of carbonyl (C=O) groups excluding carboxylic acids is 1. The van der Waals surface area contributed by atoms with E-state index in [2.05, 4.69) is 5.32 Å². The van der Waals surface area contributed by atoms with E-state index in [-0.39, 0.29) is 0 Å². The minimum Gasteiger partial charge on any atom is -0.342 e. The van der Waals surface area contributed by atoms with E-state index < -0.39 is 0 Å². The molecule has 17 heavy (non-hydrogen) atoms. The second kappa shape index (κ2) is 6.64. The molecule has 1 amide bonds. The lowest BCUT2D eigenvalue weighted by molar-refractivity contribution is -0.127. The summed E-state index contributed by atoms with van der Waals surface area (Å²) in [5, 5.41) is 4.04. The Labute approximate surface area is 109 Å². The molecule has 2 aliphatic rings. The monoisotopic (exact) mass is 256 g/mol. The summed E-state index contributed by atoms with van der Waals surface area (Å²) in [6.07, 6.45) is 7.59. The summed E-state index contributed by atoms with van der Waals surface area (Å²) in [5.41, 5.74) is 0. The van der Waals surface area contributed by atoms with E-state index in [1.54, 1.807) is 0 Å². The highest BCUT2D eigenvalue weighted by Crippen LogP contribution is 2.29. The molecule has 2 unspecified atom stereocenters. The number of amides is 1. The van der Waals surface area contributed by atoms with Crippen molar-refractivity contribution in [2.45, 2.75) is 49.8 Å². The van der Waals surface area contributed by atoms with E-state index in [0.29, 0.717) is 23.0 Å². The zero-order valence-electron chi connectivity index (χ0n) is 10.8. The molecule has 0 aromatic carbocycles. The van der Waals surface area contributed by atoms with Gasteiger partial charge >= 0.3 is 0 Å². The molecule has 1 aliphatic heterocycles. The van der Waals surface area contributed by atoms with Crippen LogP contribution >= 0.6 is 11.8 Å². The van der Waals surface area contributed by atoms with Gasteiger partial charge in [0.2, 0.25) is 5.91 Å². The van der Waals surface area contributed by atoms with Crippen molar-refractivity contribution in [2.75, 3.05) is 25.9 Å². The Morgan fingerprint density at radius 2 is 1.94 bits per heavy atom. The van der Waals surface area contributed by atoms with Crippen LogP contribution in [0.25, 0.3) is 0 Å². The summed E-state index contributed by atoms with van der Waals surface area (Å²) in [6, 6.07) is 0.611. The molecule has 1 aliphatic carbocycles. The third-order valence-corrected chi connectivity index (χ3v) is 5.36. The Balaban J connectivity index is 1.74. The molecular weight excluding hydrogens is 232 g/mol. The summed E-state index contributed by atoms with van der Waals surface area (Å²) < 4.78 is 0. The van der Waals surface area contributed by atoms with Crippen LogP contribution in [0, 0.1) is 0 Å². The summed E-state index contributed by atoms with van der Waals surface area (Å²) in [4.78, 5) is 14.0. The van der Waals surface area contributed by atoms with Crippen molar-refractivity contribution >= 4 is 17.7 Å². The smallest absolute Gasteiger partial charge is 0.232 e. The maximum atomic E-state index is 12.0. The minimum atomic E-state index is 0.355. The summed E-state index contributed by atoms with van der Waals surface area (Å²) in [6.45, 7) is 1.97. The SMILES string of the molecule is CNC1CCCCC1SCC(=O)N1CCCC1. The Morgan fingerprint density at radius 1 is 1.24 bits per heavy atom. The van der Waals surface area contributed by atoms with Crippen molar-refractivity contribution in [3.8, 4) is 0 Å². The first-order chi connectivity index (χ1) is 8.31. The molecule has 0 aromatic rings. The lowest BCUT2D eigenvalue weighted by atomic mass is 9.95.